The highest BCUT2D eigenvalue weighted by atomic mass is 16.2. The van der Waals surface area contributed by atoms with Gasteiger partial charge in [0.15, 0.2) is 11.2 Å². The molecule has 1 aliphatic heterocycles. The number of carbonyl (C=O) groups excluding carboxylic acids is 1. The van der Waals surface area contributed by atoms with Gasteiger partial charge in [-0.3, -0.25) is 14.2 Å². The second-order valence-corrected chi connectivity index (χ2v) is 8.38. The Bertz CT molecular complexity index is 1250. The van der Waals surface area contributed by atoms with Gasteiger partial charge in [0.05, 0.1) is 0 Å². The molecule has 0 saturated heterocycles. The van der Waals surface area contributed by atoms with Gasteiger partial charge >= 0.3 is 5.69 Å². The second kappa shape index (κ2) is 8.05. The van der Waals surface area contributed by atoms with E-state index in [1.54, 1.807) is 7.05 Å². The van der Waals surface area contributed by atoms with Gasteiger partial charge in [-0.1, -0.05) is 32.4 Å². The van der Waals surface area contributed by atoms with E-state index >= 15 is 0 Å². The smallest absolute Gasteiger partial charge is 0.332 e. The summed E-state index contributed by atoms with van der Waals surface area (Å²) in [5, 5.41) is 0. The van der Waals surface area contributed by atoms with E-state index in [-0.39, 0.29) is 5.92 Å². The topological polar surface area (TPSA) is 108 Å². The standard InChI is InChI=1S/C22H28N6O3/c1-4-5-6-15-7-9-16(10-8-15)26-11-14(2)12-27-18-19(24-21(26)27)25(3)22(31)28(20(18)30)13-17(23)29/h7-10,14H,4-6,11-13H2,1-3H3,(H2,23,29). The van der Waals surface area contributed by atoms with Gasteiger partial charge in [0.25, 0.3) is 5.56 Å². The first kappa shape index (κ1) is 20.9. The van der Waals surface area contributed by atoms with Crippen molar-refractivity contribution in [1.82, 2.24) is 18.7 Å². The van der Waals surface area contributed by atoms with Crippen molar-refractivity contribution in [2.24, 2.45) is 18.7 Å². The molecule has 164 valence electrons. The molecule has 0 radical (unpaired) electrons. The van der Waals surface area contributed by atoms with Crippen LogP contribution >= 0.6 is 0 Å². The summed E-state index contributed by atoms with van der Waals surface area (Å²) >= 11 is 0. The van der Waals surface area contributed by atoms with Crippen molar-refractivity contribution < 1.29 is 4.79 Å². The number of imidazole rings is 1. The first-order valence-electron chi connectivity index (χ1n) is 10.7. The molecule has 1 aliphatic rings. The van der Waals surface area contributed by atoms with Crippen LogP contribution in [0.15, 0.2) is 33.9 Å². The van der Waals surface area contributed by atoms with Gasteiger partial charge in [0.1, 0.15) is 6.54 Å². The Kier molecular flexibility index (Phi) is 5.43. The molecule has 0 fully saturated rings. The summed E-state index contributed by atoms with van der Waals surface area (Å²) in [5.74, 6) is 0.138. The number of hydrogen-bond acceptors (Lipinski definition) is 5. The lowest BCUT2D eigenvalue weighted by Gasteiger charge is -2.33. The first-order chi connectivity index (χ1) is 14.8. The first-order valence-corrected chi connectivity index (χ1v) is 10.7. The van der Waals surface area contributed by atoms with Gasteiger partial charge in [-0.15, -0.1) is 0 Å². The van der Waals surface area contributed by atoms with Crippen LogP contribution in [0.1, 0.15) is 32.3 Å². The number of aryl methyl sites for hydroxylation is 2. The van der Waals surface area contributed by atoms with Gasteiger partial charge in [-0.2, -0.15) is 4.98 Å². The fourth-order valence-corrected chi connectivity index (χ4v) is 4.24. The summed E-state index contributed by atoms with van der Waals surface area (Å²) in [6.07, 6.45) is 3.36. The van der Waals surface area contributed by atoms with Crippen molar-refractivity contribution in [3.05, 3.63) is 50.7 Å². The van der Waals surface area contributed by atoms with Crippen LogP contribution in [0.2, 0.25) is 0 Å². The normalized spacial score (nSPS) is 16.0. The van der Waals surface area contributed by atoms with E-state index in [1.807, 2.05) is 4.57 Å². The lowest BCUT2D eigenvalue weighted by Crippen LogP contribution is -2.43. The Morgan fingerprint density at radius 1 is 1.19 bits per heavy atom. The van der Waals surface area contributed by atoms with Crippen molar-refractivity contribution in [3.8, 4) is 0 Å². The molecule has 0 saturated carbocycles. The predicted octanol–water partition coefficient (Wildman–Crippen LogP) is 1.51. The van der Waals surface area contributed by atoms with Crippen LogP contribution in [0, 0.1) is 5.92 Å². The molecule has 0 spiro atoms. The molecule has 9 nitrogen and oxygen atoms in total. The zero-order valence-electron chi connectivity index (χ0n) is 18.2. The molecule has 1 amide bonds. The minimum Gasteiger partial charge on any atom is -0.368 e. The molecule has 4 rings (SSSR count). The van der Waals surface area contributed by atoms with E-state index in [1.165, 1.54) is 10.1 Å². The summed E-state index contributed by atoms with van der Waals surface area (Å²) in [7, 11) is 1.55. The summed E-state index contributed by atoms with van der Waals surface area (Å²) in [5.41, 5.74) is 7.02. The summed E-state index contributed by atoms with van der Waals surface area (Å²) in [4.78, 5) is 44.0. The van der Waals surface area contributed by atoms with E-state index in [0.717, 1.165) is 36.1 Å². The van der Waals surface area contributed by atoms with Crippen molar-refractivity contribution >= 4 is 28.7 Å². The predicted molar refractivity (Wildman–Crippen MR) is 120 cm³/mol. The molecular formula is C22H28N6O3. The summed E-state index contributed by atoms with van der Waals surface area (Å²) in [6, 6.07) is 8.42. The van der Waals surface area contributed by atoms with E-state index in [0.29, 0.717) is 23.7 Å². The molecule has 1 aromatic carbocycles. The van der Waals surface area contributed by atoms with Crippen LogP contribution in [-0.2, 0) is 31.4 Å². The van der Waals surface area contributed by atoms with Crippen molar-refractivity contribution in [2.45, 2.75) is 46.2 Å². The Morgan fingerprint density at radius 2 is 1.90 bits per heavy atom. The molecule has 3 aromatic rings. The number of anilines is 2. The van der Waals surface area contributed by atoms with E-state index < -0.39 is 23.7 Å². The number of nitrogens with two attached hydrogens (primary N) is 1. The number of fused-ring (bicyclic) bond motifs is 3. The molecule has 1 unspecified atom stereocenters. The number of unbranched alkanes of at least 4 members (excludes halogenated alkanes) is 1. The van der Waals surface area contributed by atoms with Crippen LogP contribution in [0.3, 0.4) is 0 Å². The lowest BCUT2D eigenvalue weighted by molar-refractivity contribution is -0.118. The number of amides is 1. The molecule has 2 aromatic heterocycles. The maximum Gasteiger partial charge on any atom is 0.332 e. The zero-order chi connectivity index (χ0) is 22.3. The summed E-state index contributed by atoms with van der Waals surface area (Å²) < 4.78 is 4.04. The van der Waals surface area contributed by atoms with Crippen LogP contribution in [-0.4, -0.2) is 31.1 Å². The third kappa shape index (κ3) is 3.64. The maximum atomic E-state index is 13.1. The minimum absolute atomic E-state index is 0.255. The third-order valence-electron chi connectivity index (χ3n) is 5.82. The Labute approximate surface area is 179 Å². The molecule has 0 bridgehead atoms. The number of benzene rings is 1. The zero-order valence-corrected chi connectivity index (χ0v) is 18.2. The Balaban J connectivity index is 1.86. The van der Waals surface area contributed by atoms with Crippen LogP contribution < -0.4 is 21.9 Å². The monoisotopic (exact) mass is 424 g/mol. The lowest BCUT2D eigenvalue weighted by atomic mass is 10.1. The number of nitrogens with zero attached hydrogens (tertiary/aromatic N) is 5. The van der Waals surface area contributed by atoms with Gasteiger partial charge in [0, 0.05) is 25.8 Å². The van der Waals surface area contributed by atoms with E-state index in [9.17, 15) is 14.4 Å². The average molecular weight is 425 g/mol. The minimum atomic E-state index is -0.741. The fourth-order valence-electron chi connectivity index (χ4n) is 4.24. The fraction of sp³-hybridized carbons (Fsp3) is 0.455. The SMILES string of the molecule is CCCCc1ccc(N2CC(C)Cn3c2nc2c3c(=O)n(CC(N)=O)c(=O)n2C)cc1. The van der Waals surface area contributed by atoms with Crippen molar-refractivity contribution in [1.29, 1.82) is 0 Å². The van der Waals surface area contributed by atoms with Crippen molar-refractivity contribution in [3.63, 3.8) is 0 Å². The number of rotatable bonds is 6. The van der Waals surface area contributed by atoms with E-state index in [4.69, 9.17) is 5.73 Å². The average Bonchev–Trinajstić information content (AvgIpc) is 3.13. The Hall–Kier alpha value is -3.36. The second-order valence-electron chi connectivity index (χ2n) is 8.38. The maximum absolute atomic E-state index is 13.1. The number of primary amides is 1. The molecule has 3 heterocycles. The van der Waals surface area contributed by atoms with Crippen LogP contribution in [0.4, 0.5) is 11.6 Å². The quantitative estimate of drug-likeness (QED) is 0.645. The van der Waals surface area contributed by atoms with Gasteiger partial charge in [-0.25, -0.2) is 9.36 Å². The number of aromatic nitrogens is 4. The van der Waals surface area contributed by atoms with Gasteiger partial charge < -0.3 is 15.2 Å². The molecule has 31 heavy (non-hydrogen) atoms. The molecular weight excluding hydrogens is 396 g/mol. The molecule has 0 aliphatic carbocycles. The largest absolute Gasteiger partial charge is 0.368 e. The molecule has 9 heteroatoms. The van der Waals surface area contributed by atoms with Crippen molar-refractivity contribution in [2.75, 3.05) is 11.4 Å². The van der Waals surface area contributed by atoms with Gasteiger partial charge in [-0.05, 0) is 36.5 Å². The van der Waals surface area contributed by atoms with E-state index in [2.05, 4.69) is 48.0 Å². The number of hydrogen-bond donors (Lipinski definition) is 1. The number of carbonyl (C=O) groups is 1. The highest BCUT2D eigenvalue weighted by molar-refractivity contribution is 5.78. The third-order valence-corrected chi connectivity index (χ3v) is 5.82. The highest BCUT2D eigenvalue weighted by Crippen LogP contribution is 2.33. The van der Waals surface area contributed by atoms with Crippen LogP contribution in [0.25, 0.3) is 11.2 Å². The Morgan fingerprint density at radius 3 is 2.55 bits per heavy atom. The highest BCUT2D eigenvalue weighted by Gasteiger charge is 2.30. The molecule has 1 atom stereocenters. The van der Waals surface area contributed by atoms with Crippen LogP contribution in [0.5, 0.6) is 0 Å². The molecule has 2 N–H and O–H groups in total. The summed E-state index contributed by atoms with van der Waals surface area (Å²) in [6.45, 7) is 5.18. The van der Waals surface area contributed by atoms with Gasteiger partial charge in [0.2, 0.25) is 11.9 Å².